The van der Waals surface area contributed by atoms with Crippen LogP contribution in [0.25, 0.3) is 0 Å². The number of alkyl carbamates (subject to hydrolysis) is 1. The minimum Gasteiger partial charge on any atom is -0.444 e. The molecule has 1 amide bonds. The lowest BCUT2D eigenvalue weighted by Crippen LogP contribution is -2.48. The maximum Gasteiger partial charge on any atom is 0.407 e. The summed E-state index contributed by atoms with van der Waals surface area (Å²) in [6.45, 7) is 13.2. The molecule has 1 fully saturated rings. The molecule has 1 aromatic heterocycles. The maximum absolute atomic E-state index is 12.0. The fourth-order valence-corrected chi connectivity index (χ4v) is 3.57. The first-order valence-electron chi connectivity index (χ1n) is 10.6. The van der Waals surface area contributed by atoms with Crippen LogP contribution in [-0.2, 0) is 18.3 Å². The van der Waals surface area contributed by atoms with E-state index in [1.165, 1.54) is 5.56 Å². The predicted molar refractivity (Wildman–Crippen MR) is 116 cm³/mol. The molecule has 164 valence electrons. The van der Waals surface area contributed by atoms with E-state index in [1.54, 1.807) is 0 Å². The van der Waals surface area contributed by atoms with E-state index in [1.807, 2.05) is 39.4 Å². The van der Waals surface area contributed by atoms with Crippen molar-refractivity contribution in [3.05, 3.63) is 17.0 Å². The van der Waals surface area contributed by atoms with Crippen LogP contribution < -0.4 is 16.0 Å². The van der Waals surface area contributed by atoms with E-state index in [4.69, 9.17) is 9.73 Å². The van der Waals surface area contributed by atoms with Gasteiger partial charge in [0.05, 0.1) is 12.2 Å². The summed E-state index contributed by atoms with van der Waals surface area (Å²) in [5.41, 5.74) is 2.88. The van der Waals surface area contributed by atoms with Crippen molar-refractivity contribution in [3.8, 4) is 0 Å². The van der Waals surface area contributed by atoms with Gasteiger partial charge in [0.2, 0.25) is 0 Å². The number of aromatic nitrogens is 2. The maximum atomic E-state index is 12.0. The first-order valence-corrected chi connectivity index (χ1v) is 10.6. The van der Waals surface area contributed by atoms with Crippen LogP contribution in [0.1, 0.15) is 70.3 Å². The van der Waals surface area contributed by atoms with Crippen LogP contribution in [-0.4, -0.2) is 46.1 Å². The molecule has 1 heterocycles. The van der Waals surface area contributed by atoms with Gasteiger partial charge in [-0.1, -0.05) is 0 Å². The summed E-state index contributed by atoms with van der Waals surface area (Å²) in [6.07, 6.45) is 3.49. The van der Waals surface area contributed by atoms with Crippen molar-refractivity contribution in [2.24, 2.45) is 12.0 Å². The van der Waals surface area contributed by atoms with Gasteiger partial charge in [0.1, 0.15) is 5.60 Å². The quantitative estimate of drug-likeness (QED) is 0.516. The van der Waals surface area contributed by atoms with Gasteiger partial charge < -0.3 is 20.7 Å². The largest absolute Gasteiger partial charge is 0.444 e. The van der Waals surface area contributed by atoms with Crippen molar-refractivity contribution in [3.63, 3.8) is 0 Å². The summed E-state index contributed by atoms with van der Waals surface area (Å²) in [7, 11) is 1.96. The van der Waals surface area contributed by atoms with E-state index >= 15 is 0 Å². The number of rotatable bonds is 5. The fourth-order valence-electron chi connectivity index (χ4n) is 3.57. The Bertz CT molecular complexity index is 711. The van der Waals surface area contributed by atoms with Crippen molar-refractivity contribution in [2.75, 3.05) is 6.54 Å². The number of nitrogens with zero attached hydrogens (tertiary/aromatic N) is 3. The zero-order valence-corrected chi connectivity index (χ0v) is 19.1. The van der Waals surface area contributed by atoms with Crippen LogP contribution in [0.3, 0.4) is 0 Å². The van der Waals surface area contributed by atoms with E-state index < -0.39 is 5.60 Å². The van der Waals surface area contributed by atoms with E-state index in [2.05, 4.69) is 34.9 Å². The summed E-state index contributed by atoms with van der Waals surface area (Å²) in [5.74, 6) is 0.832. The molecule has 0 saturated heterocycles. The third-order valence-corrected chi connectivity index (χ3v) is 5.19. The number of carbonyl (C=O) groups is 1. The van der Waals surface area contributed by atoms with Crippen LogP contribution in [0.2, 0.25) is 0 Å². The normalized spacial score (nSPS) is 20.3. The zero-order chi connectivity index (χ0) is 21.6. The monoisotopic (exact) mass is 406 g/mol. The average molecular weight is 407 g/mol. The molecule has 1 saturated carbocycles. The Morgan fingerprint density at radius 3 is 2.24 bits per heavy atom. The molecule has 8 heteroatoms. The van der Waals surface area contributed by atoms with Gasteiger partial charge in [0.15, 0.2) is 5.96 Å². The van der Waals surface area contributed by atoms with Gasteiger partial charge in [-0.25, -0.2) is 9.79 Å². The summed E-state index contributed by atoms with van der Waals surface area (Å²) in [5, 5.41) is 14.3. The van der Waals surface area contributed by atoms with Gasteiger partial charge in [-0.05, 0) is 67.2 Å². The number of amides is 1. The first-order chi connectivity index (χ1) is 13.6. The first kappa shape index (κ1) is 23.0. The molecule has 3 N–H and O–H groups in total. The number of ether oxygens (including phenoxy) is 1. The molecule has 1 aliphatic rings. The van der Waals surface area contributed by atoms with Crippen molar-refractivity contribution in [1.82, 2.24) is 25.7 Å². The second kappa shape index (κ2) is 9.98. The Kier molecular flexibility index (Phi) is 7.93. The Morgan fingerprint density at radius 1 is 1.17 bits per heavy atom. The third-order valence-electron chi connectivity index (χ3n) is 5.19. The van der Waals surface area contributed by atoms with Crippen LogP contribution in [0.15, 0.2) is 4.99 Å². The van der Waals surface area contributed by atoms with Gasteiger partial charge in [0, 0.05) is 36.9 Å². The molecular formula is C21H38N6O2. The summed E-state index contributed by atoms with van der Waals surface area (Å²) >= 11 is 0. The fraction of sp³-hybridized carbons (Fsp3) is 0.762. The molecule has 0 bridgehead atoms. The molecule has 0 unspecified atom stereocenters. The molecule has 0 aliphatic heterocycles. The SMILES string of the molecule is CCNC(=NCc1c(C)nn(C)c1C)NC1CCC(NC(=O)OC(C)(C)C)CC1. The molecule has 8 nitrogen and oxygen atoms in total. The lowest BCUT2D eigenvalue weighted by Gasteiger charge is -2.31. The molecule has 2 rings (SSSR count). The van der Waals surface area contributed by atoms with Crippen LogP contribution in [0, 0.1) is 13.8 Å². The van der Waals surface area contributed by atoms with Gasteiger partial charge in [-0.2, -0.15) is 5.10 Å². The smallest absolute Gasteiger partial charge is 0.407 e. The molecule has 0 spiro atoms. The number of hydrogen-bond acceptors (Lipinski definition) is 4. The summed E-state index contributed by atoms with van der Waals surface area (Å²) in [4.78, 5) is 16.7. The second-order valence-corrected chi connectivity index (χ2v) is 8.81. The van der Waals surface area contributed by atoms with E-state index in [0.717, 1.165) is 49.6 Å². The Labute approximate surface area is 174 Å². The lowest BCUT2D eigenvalue weighted by molar-refractivity contribution is 0.0490. The summed E-state index contributed by atoms with van der Waals surface area (Å²) in [6, 6.07) is 0.517. The standard InChI is InChI=1S/C21H38N6O2/c1-8-22-19(23-13-18-14(2)26-27(7)15(18)3)24-16-9-11-17(12-10-16)25-20(28)29-21(4,5)6/h16-17H,8-13H2,1-7H3,(H,25,28)(H2,22,23,24). The number of carbonyl (C=O) groups excluding carboxylic acids is 1. The third kappa shape index (κ3) is 7.25. The number of aryl methyl sites for hydroxylation is 2. The topological polar surface area (TPSA) is 92.6 Å². The van der Waals surface area contributed by atoms with Gasteiger partial charge in [-0.3, -0.25) is 4.68 Å². The number of guanidine groups is 1. The predicted octanol–water partition coefficient (Wildman–Crippen LogP) is 2.93. The molecule has 1 aliphatic carbocycles. The Morgan fingerprint density at radius 2 is 1.76 bits per heavy atom. The van der Waals surface area contributed by atoms with Crippen LogP contribution >= 0.6 is 0 Å². The molecule has 0 aromatic carbocycles. The molecule has 29 heavy (non-hydrogen) atoms. The summed E-state index contributed by atoms with van der Waals surface area (Å²) < 4.78 is 7.26. The highest BCUT2D eigenvalue weighted by Crippen LogP contribution is 2.19. The highest BCUT2D eigenvalue weighted by atomic mass is 16.6. The highest BCUT2D eigenvalue weighted by molar-refractivity contribution is 5.80. The average Bonchev–Trinajstić information content (AvgIpc) is 2.85. The van der Waals surface area contributed by atoms with Crippen molar-refractivity contribution >= 4 is 12.1 Å². The van der Waals surface area contributed by atoms with Gasteiger partial charge in [-0.15, -0.1) is 0 Å². The van der Waals surface area contributed by atoms with E-state index in [-0.39, 0.29) is 12.1 Å². The molecule has 1 aromatic rings. The van der Waals surface area contributed by atoms with Crippen LogP contribution in [0.4, 0.5) is 4.79 Å². The minimum absolute atomic E-state index is 0.170. The van der Waals surface area contributed by atoms with E-state index in [9.17, 15) is 4.79 Å². The zero-order valence-electron chi connectivity index (χ0n) is 19.1. The Balaban J connectivity index is 1.86. The van der Waals surface area contributed by atoms with E-state index in [0.29, 0.717) is 12.6 Å². The van der Waals surface area contributed by atoms with Crippen molar-refractivity contribution < 1.29 is 9.53 Å². The molecule has 0 radical (unpaired) electrons. The minimum atomic E-state index is -0.467. The number of aliphatic imine (C=N–C) groups is 1. The Hall–Kier alpha value is -2.25. The highest BCUT2D eigenvalue weighted by Gasteiger charge is 2.25. The van der Waals surface area contributed by atoms with Gasteiger partial charge in [0.25, 0.3) is 0 Å². The van der Waals surface area contributed by atoms with Crippen molar-refractivity contribution in [2.45, 2.75) is 91.5 Å². The van der Waals surface area contributed by atoms with Gasteiger partial charge >= 0.3 is 6.09 Å². The number of hydrogen-bond donors (Lipinski definition) is 3. The molecular weight excluding hydrogens is 368 g/mol. The van der Waals surface area contributed by atoms with Crippen molar-refractivity contribution in [1.29, 1.82) is 0 Å². The lowest BCUT2D eigenvalue weighted by atomic mass is 9.91. The number of nitrogens with one attached hydrogen (secondary N) is 3. The van der Waals surface area contributed by atoms with Crippen LogP contribution in [0.5, 0.6) is 0 Å². The second-order valence-electron chi connectivity index (χ2n) is 8.81. The molecule has 0 atom stereocenters.